The summed E-state index contributed by atoms with van der Waals surface area (Å²) in [7, 11) is 0. The van der Waals surface area contributed by atoms with Crippen LogP contribution in [-0.4, -0.2) is 45.0 Å². The van der Waals surface area contributed by atoms with Gasteiger partial charge in [-0.2, -0.15) is 0 Å². The molecule has 0 spiro atoms. The zero-order chi connectivity index (χ0) is 23.7. The van der Waals surface area contributed by atoms with E-state index in [0.29, 0.717) is 28.9 Å². The van der Waals surface area contributed by atoms with E-state index < -0.39 is 0 Å². The molecule has 1 aliphatic heterocycles. The van der Waals surface area contributed by atoms with E-state index in [1.54, 1.807) is 24.7 Å². The zero-order valence-electron chi connectivity index (χ0n) is 18.3. The lowest BCUT2D eigenvalue weighted by Gasteiger charge is -2.24. The summed E-state index contributed by atoms with van der Waals surface area (Å²) in [6.45, 7) is 4.69. The van der Waals surface area contributed by atoms with E-state index in [1.807, 2.05) is 35.2 Å². The number of halogens is 2. The molecule has 5 rings (SSSR count). The number of carbonyl (C=O) groups excluding carboxylic acids is 1. The summed E-state index contributed by atoms with van der Waals surface area (Å²) in [4.78, 5) is 26.4. The number of carbonyl (C=O) groups is 1. The normalized spacial score (nSPS) is 15.6. The number of likely N-dealkylation sites (tertiary alicyclic amines) is 1. The molecule has 1 aliphatic rings. The van der Waals surface area contributed by atoms with Crippen LogP contribution < -0.4 is 4.74 Å². The maximum Gasteiger partial charge on any atom is 0.246 e. The average molecular weight is 493 g/mol. The van der Waals surface area contributed by atoms with E-state index in [1.165, 1.54) is 6.08 Å². The maximum atomic E-state index is 12.2. The van der Waals surface area contributed by atoms with Gasteiger partial charge in [-0.3, -0.25) is 14.8 Å². The third-order valence-electron chi connectivity index (χ3n) is 6.10. The maximum absolute atomic E-state index is 12.2. The molecule has 4 aromatic rings. The minimum Gasteiger partial charge on any atom is -0.489 e. The molecule has 172 valence electrons. The number of amides is 1. The first-order chi connectivity index (χ1) is 16.6. The first-order valence-corrected chi connectivity index (χ1v) is 11.8. The summed E-state index contributed by atoms with van der Waals surface area (Å²) in [6, 6.07) is 11.3. The van der Waals surface area contributed by atoms with Crippen molar-refractivity contribution in [3.05, 3.63) is 77.7 Å². The summed E-state index contributed by atoms with van der Waals surface area (Å²) in [6.07, 6.45) is 8.33. The van der Waals surface area contributed by atoms with Crippen molar-refractivity contribution in [1.82, 2.24) is 19.9 Å². The molecule has 1 atom stereocenters. The number of aromatic nitrogens is 3. The fourth-order valence-electron chi connectivity index (χ4n) is 4.49. The van der Waals surface area contributed by atoms with E-state index in [0.717, 1.165) is 46.3 Å². The molecule has 4 heterocycles. The summed E-state index contributed by atoms with van der Waals surface area (Å²) < 4.78 is 6.25. The van der Waals surface area contributed by atoms with E-state index in [4.69, 9.17) is 27.9 Å². The summed E-state index contributed by atoms with van der Waals surface area (Å²) in [5.41, 5.74) is 4.88. The van der Waals surface area contributed by atoms with Crippen molar-refractivity contribution in [2.45, 2.75) is 18.9 Å². The predicted molar refractivity (Wildman–Crippen MR) is 135 cm³/mol. The van der Waals surface area contributed by atoms with Gasteiger partial charge in [0.25, 0.3) is 0 Å². The number of nitrogens with one attached hydrogen (secondary N) is 1. The molecule has 0 aliphatic carbocycles. The van der Waals surface area contributed by atoms with Crippen LogP contribution >= 0.6 is 23.2 Å². The minimum absolute atomic E-state index is 0.00946. The Morgan fingerprint density at radius 2 is 2.09 bits per heavy atom. The molecular weight excluding hydrogens is 471 g/mol. The molecule has 0 saturated carbocycles. The van der Waals surface area contributed by atoms with Gasteiger partial charge >= 0.3 is 0 Å². The Balaban J connectivity index is 1.58. The highest BCUT2D eigenvalue weighted by Crippen LogP contribution is 2.44. The largest absolute Gasteiger partial charge is 0.489 e. The average Bonchev–Trinajstić information content (AvgIpc) is 3.49. The van der Waals surface area contributed by atoms with Gasteiger partial charge in [-0.1, -0.05) is 41.9 Å². The number of H-pyrrole nitrogens is 1. The summed E-state index contributed by atoms with van der Waals surface area (Å²) in [5, 5.41) is 0.924. The van der Waals surface area contributed by atoms with Gasteiger partial charge in [0.05, 0.1) is 39.0 Å². The van der Waals surface area contributed by atoms with Crippen LogP contribution in [0.5, 0.6) is 5.75 Å². The van der Waals surface area contributed by atoms with Gasteiger partial charge in [-0.15, -0.1) is 0 Å². The van der Waals surface area contributed by atoms with Crippen LogP contribution in [0.2, 0.25) is 10.0 Å². The smallest absolute Gasteiger partial charge is 0.246 e. The Hall–Kier alpha value is -3.35. The lowest BCUT2D eigenvalue weighted by atomic mass is 10.0. The molecule has 1 saturated heterocycles. The molecule has 1 aromatic carbocycles. The van der Waals surface area contributed by atoms with Crippen LogP contribution in [0, 0.1) is 0 Å². The highest BCUT2D eigenvalue weighted by molar-refractivity contribution is 6.44. The molecule has 34 heavy (non-hydrogen) atoms. The van der Waals surface area contributed by atoms with Crippen LogP contribution in [0.3, 0.4) is 0 Å². The highest BCUT2D eigenvalue weighted by Gasteiger charge is 2.28. The number of pyridine rings is 2. The molecular formula is C26H22Cl2N4O2. The molecule has 0 unspecified atom stereocenters. The third kappa shape index (κ3) is 4.04. The van der Waals surface area contributed by atoms with Gasteiger partial charge in [0.15, 0.2) is 0 Å². The SMILES string of the molecule is C=CC(=O)N1CCC[C@H]1COc1cnccc1-c1[nH]c2cccnc2c1-c1cccc(Cl)c1Cl. The number of rotatable bonds is 6. The number of ether oxygens (including phenoxy) is 1. The fraction of sp³-hybridized carbons (Fsp3) is 0.192. The van der Waals surface area contributed by atoms with Gasteiger partial charge in [-0.25, -0.2) is 0 Å². The standard InChI is InChI=1S/C26H22Cl2N4O2/c1-2-22(33)32-13-5-6-16(32)15-34-21-14-29-12-10-17(21)25-23(18-7-3-8-19(27)24(18)28)26-20(31-25)9-4-11-30-26/h2-4,7-12,14,16,31H,1,5-6,13,15H2/t16-/m0/s1. The second kappa shape index (κ2) is 9.49. The van der Waals surface area contributed by atoms with E-state index >= 15 is 0 Å². The zero-order valence-corrected chi connectivity index (χ0v) is 19.8. The fourth-order valence-corrected chi connectivity index (χ4v) is 4.88. The minimum atomic E-state index is -0.0721. The van der Waals surface area contributed by atoms with Crippen LogP contribution in [0.25, 0.3) is 33.4 Å². The second-order valence-electron chi connectivity index (χ2n) is 8.09. The third-order valence-corrected chi connectivity index (χ3v) is 6.91. The van der Waals surface area contributed by atoms with E-state index in [2.05, 4.69) is 21.5 Å². The van der Waals surface area contributed by atoms with Crippen LogP contribution in [-0.2, 0) is 4.79 Å². The van der Waals surface area contributed by atoms with Crippen molar-refractivity contribution in [1.29, 1.82) is 0 Å². The molecule has 0 bridgehead atoms. The Labute approximate surface area is 207 Å². The predicted octanol–water partition coefficient (Wildman–Crippen LogP) is 6.15. The molecule has 1 fully saturated rings. The van der Waals surface area contributed by atoms with Crippen molar-refractivity contribution in [3.63, 3.8) is 0 Å². The molecule has 3 aromatic heterocycles. The van der Waals surface area contributed by atoms with Crippen LogP contribution in [0.4, 0.5) is 0 Å². The van der Waals surface area contributed by atoms with E-state index in [9.17, 15) is 4.79 Å². The topological polar surface area (TPSA) is 71.1 Å². The Bertz CT molecular complexity index is 1380. The Kier molecular flexibility index (Phi) is 6.26. The van der Waals surface area contributed by atoms with Crippen molar-refractivity contribution in [2.75, 3.05) is 13.2 Å². The van der Waals surface area contributed by atoms with Crippen molar-refractivity contribution >= 4 is 40.1 Å². The van der Waals surface area contributed by atoms with Gasteiger partial charge in [-0.05, 0) is 43.2 Å². The number of hydrogen-bond donors (Lipinski definition) is 1. The van der Waals surface area contributed by atoms with Crippen molar-refractivity contribution in [2.24, 2.45) is 0 Å². The van der Waals surface area contributed by atoms with Gasteiger partial charge in [0.2, 0.25) is 5.91 Å². The summed E-state index contributed by atoms with van der Waals surface area (Å²) >= 11 is 13.0. The Morgan fingerprint density at radius 1 is 1.21 bits per heavy atom. The number of hydrogen-bond acceptors (Lipinski definition) is 4. The van der Waals surface area contributed by atoms with Crippen molar-refractivity contribution in [3.8, 4) is 28.1 Å². The second-order valence-corrected chi connectivity index (χ2v) is 8.88. The van der Waals surface area contributed by atoms with Crippen LogP contribution in [0.15, 0.2) is 67.6 Å². The van der Waals surface area contributed by atoms with Crippen LogP contribution in [0.1, 0.15) is 12.8 Å². The molecule has 1 amide bonds. The quantitative estimate of drug-likeness (QED) is 0.327. The lowest BCUT2D eigenvalue weighted by molar-refractivity contribution is -0.127. The highest BCUT2D eigenvalue weighted by atomic mass is 35.5. The van der Waals surface area contributed by atoms with Gasteiger partial charge < -0.3 is 14.6 Å². The molecule has 1 N–H and O–H groups in total. The first kappa shape index (κ1) is 22.4. The first-order valence-electron chi connectivity index (χ1n) is 11.0. The summed E-state index contributed by atoms with van der Waals surface area (Å²) in [5.74, 6) is 0.531. The van der Waals surface area contributed by atoms with E-state index in [-0.39, 0.29) is 11.9 Å². The van der Waals surface area contributed by atoms with Crippen molar-refractivity contribution < 1.29 is 9.53 Å². The number of fused-ring (bicyclic) bond motifs is 1. The monoisotopic (exact) mass is 492 g/mol. The lowest BCUT2D eigenvalue weighted by Crippen LogP contribution is -2.38. The Morgan fingerprint density at radius 3 is 2.94 bits per heavy atom. The number of benzene rings is 1. The van der Waals surface area contributed by atoms with Gasteiger partial charge in [0.1, 0.15) is 12.4 Å². The molecule has 6 nitrogen and oxygen atoms in total. The number of nitrogens with zero attached hydrogens (tertiary/aromatic N) is 3. The molecule has 0 radical (unpaired) electrons. The number of aromatic amines is 1. The van der Waals surface area contributed by atoms with Gasteiger partial charge in [0, 0.05) is 35.6 Å². The molecule has 8 heteroatoms.